The SMILES string of the molecule is CN(C)CC(=O)Cc1ccccc1-c1ccccc1CCOc1ccc(CC(=O)CCc2cccnc2)cc1. The molecule has 1 aromatic heterocycles. The smallest absolute Gasteiger partial charge is 0.151 e. The molecule has 3 aromatic carbocycles. The highest BCUT2D eigenvalue weighted by molar-refractivity contribution is 5.85. The summed E-state index contributed by atoms with van der Waals surface area (Å²) in [6.07, 6.45) is 6.35. The second kappa shape index (κ2) is 14.2. The van der Waals surface area contributed by atoms with E-state index in [1.807, 2.05) is 91.9 Å². The second-order valence-electron chi connectivity index (χ2n) is 10.1. The van der Waals surface area contributed by atoms with Gasteiger partial charge in [0.05, 0.1) is 13.2 Å². The Bertz CT molecular complexity index is 1360. The van der Waals surface area contributed by atoms with Crippen molar-refractivity contribution in [1.29, 1.82) is 0 Å². The average Bonchev–Trinajstić information content (AvgIpc) is 2.94. The molecule has 0 spiro atoms. The third-order valence-corrected chi connectivity index (χ3v) is 6.59. The van der Waals surface area contributed by atoms with E-state index in [9.17, 15) is 9.59 Å². The number of likely N-dealkylation sites (N-methyl/N-ethyl adjacent to an activating group) is 1. The molecule has 0 atom stereocenters. The number of hydrogen-bond donors (Lipinski definition) is 0. The van der Waals surface area contributed by atoms with Crippen LogP contribution in [0, 0.1) is 0 Å². The van der Waals surface area contributed by atoms with E-state index in [0.717, 1.165) is 40.0 Å². The normalized spacial score (nSPS) is 10.9. The molecule has 200 valence electrons. The first-order valence-electron chi connectivity index (χ1n) is 13.4. The summed E-state index contributed by atoms with van der Waals surface area (Å²) < 4.78 is 6.05. The van der Waals surface area contributed by atoms with Crippen LogP contribution < -0.4 is 4.74 Å². The molecule has 4 rings (SSSR count). The lowest BCUT2D eigenvalue weighted by Crippen LogP contribution is -2.23. The van der Waals surface area contributed by atoms with Gasteiger partial charge in [-0.3, -0.25) is 14.6 Å². The fourth-order valence-corrected chi connectivity index (χ4v) is 4.69. The van der Waals surface area contributed by atoms with Crippen molar-refractivity contribution in [3.8, 4) is 16.9 Å². The van der Waals surface area contributed by atoms with Gasteiger partial charge in [0.2, 0.25) is 0 Å². The maximum Gasteiger partial charge on any atom is 0.151 e. The summed E-state index contributed by atoms with van der Waals surface area (Å²) in [6.45, 7) is 0.963. The lowest BCUT2D eigenvalue weighted by molar-refractivity contribution is -0.119. The molecule has 0 aliphatic heterocycles. The highest BCUT2D eigenvalue weighted by Crippen LogP contribution is 2.28. The number of ketones is 2. The Morgan fingerprint density at radius 2 is 1.41 bits per heavy atom. The van der Waals surface area contributed by atoms with E-state index in [-0.39, 0.29) is 11.6 Å². The summed E-state index contributed by atoms with van der Waals surface area (Å²) in [5.74, 6) is 1.20. The predicted octanol–water partition coefficient (Wildman–Crippen LogP) is 5.79. The van der Waals surface area contributed by atoms with E-state index in [0.29, 0.717) is 38.8 Å². The quantitative estimate of drug-likeness (QED) is 0.211. The number of benzene rings is 3. The van der Waals surface area contributed by atoms with Crippen molar-refractivity contribution >= 4 is 11.6 Å². The van der Waals surface area contributed by atoms with Crippen molar-refractivity contribution in [2.75, 3.05) is 27.2 Å². The number of aryl methyl sites for hydroxylation is 1. The van der Waals surface area contributed by atoms with Crippen LogP contribution in [0.5, 0.6) is 5.75 Å². The van der Waals surface area contributed by atoms with Gasteiger partial charge in [-0.05, 0) is 72.1 Å². The standard InChI is InChI=1S/C34H36N2O3/c1-36(2)25-31(38)23-29-10-4-6-12-34(29)33-11-5-3-9-28(33)19-21-39-32-17-14-26(15-18-32)22-30(37)16-13-27-8-7-20-35-24-27/h3-12,14-15,17-18,20,24H,13,16,19,21-23,25H2,1-2H3. The van der Waals surface area contributed by atoms with Crippen LogP contribution in [0.1, 0.15) is 28.7 Å². The van der Waals surface area contributed by atoms with E-state index < -0.39 is 0 Å². The van der Waals surface area contributed by atoms with Crippen LogP contribution in [-0.2, 0) is 35.3 Å². The maximum atomic E-state index is 12.5. The Kier molecular flexibility index (Phi) is 10.1. The van der Waals surface area contributed by atoms with Crippen LogP contribution >= 0.6 is 0 Å². The molecular weight excluding hydrogens is 484 g/mol. The number of aromatic nitrogens is 1. The van der Waals surface area contributed by atoms with E-state index in [4.69, 9.17) is 4.74 Å². The Morgan fingerprint density at radius 3 is 2.10 bits per heavy atom. The molecule has 4 aromatic rings. The zero-order chi connectivity index (χ0) is 27.5. The van der Waals surface area contributed by atoms with Crippen LogP contribution in [0.4, 0.5) is 0 Å². The van der Waals surface area contributed by atoms with Gasteiger partial charge in [0.25, 0.3) is 0 Å². The van der Waals surface area contributed by atoms with Gasteiger partial charge in [-0.25, -0.2) is 0 Å². The average molecular weight is 521 g/mol. The zero-order valence-corrected chi connectivity index (χ0v) is 22.8. The Morgan fingerprint density at radius 1 is 0.718 bits per heavy atom. The van der Waals surface area contributed by atoms with Gasteiger partial charge in [-0.15, -0.1) is 0 Å². The molecule has 5 nitrogen and oxygen atoms in total. The van der Waals surface area contributed by atoms with E-state index >= 15 is 0 Å². The van der Waals surface area contributed by atoms with Gasteiger partial charge in [-0.1, -0.05) is 66.7 Å². The van der Waals surface area contributed by atoms with Gasteiger partial charge in [0.1, 0.15) is 11.5 Å². The van der Waals surface area contributed by atoms with Crippen molar-refractivity contribution in [3.05, 3.63) is 120 Å². The lowest BCUT2D eigenvalue weighted by Gasteiger charge is -2.15. The third kappa shape index (κ3) is 8.72. The number of carbonyl (C=O) groups excluding carboxylic acids is 2. The molecule has 5 heteroatoms. The molecular formula is C34H36N2O3. The predicted molar refractivity (Wildman–Crippen MR) is 156 cm³/mol. The van der Waals surface area contributed by atoms with Crippen LogP contribution in [0.25, 0.3) is 11.1 Å². The van der Waals surface area contributed by atoms with Crippen LogP contribution in [-0.4, -0.2) is 48.7 Å². The number of nitrogens with zero attached hydrogens (tertiary/aromatic N) is 2. The van der Waals surface area contributed by atoms with Gasteiger partial charge in [0, 0.05) is 38.1 Å². The Balaban J connectivity index is 1.32. The number of carbonyl (C=O) groups is 2. The third-order valence-electron chi connectivity index (χ3n) is 6.59. The first-order valence-corrected chi connectivity index (χ1v) is 13.4. The number of hydrogen-bond acceptors (Lipinski definition) is 5. The summed E-state index contributed by atoms with van der Waals surface area (Å²) in [6, 6.07) is 28.1. The molecule has 0 N–H and O–H groups in total. The molecule has 0 aliphatic carbocycles. The van der Waals surface area contributed by atoms with Gasteiger partial charge < -0.3 is 9.64 Å². The zero-order valence-electron chi connectivity index (χ0n) is 22.8. The Hall–Kier alpha value is -4.09. The summed E-state index contributed by atoms with van der Waals surface area (Å²) in [7, 11) is 3.83. The van der Waals surface area contributed by atoms with Crippen LogP contribution in [0.2, 0.25) is 0 Å². The topological polar surface area (TPSA) is 59.5 Å². The Labute approximate surface area is 231 Å². The minimum atomic E-state index is 0.201. The summed E-state index contributed by atoms with van der Waals surface area (Å²) in [5.41, 5.74) is 6.53. The van der Waals surface area contributed by atoms with E-state index in [2.05, 4.69) is 23.2 Å². The van der Waals surface area contributed by atoms with Crippen LogP contribution in [0.15, 0.2) is 97.3 Å². The molecule has 0 saturated carbocycles. The largest absolute Gasteiger partial charge is 0.493 e. The monoisotopic (exact) mass is 520 g/mol. The lowest BCUT2D eigenvalue weighted by atomic mass is 9.92. The van der Waals surface area contributed by atoms with Crippen molar-refractivity contribution in [3.63, 3.8) is 0 Å². The number of rotatable bonds is 14. The minimum Gasteiger partial charge on any atom is -0.493 e. The molecule has 0 aliphatic rings. The molecule has 0 fully saturated rings. The van der Waals surface area contributed by atoms with Crippen molar-refractivity contribution in [2.24, 2.45) is 0 Å². The van der Waals surface area contributed by atoms with E-state index in [1.165, 1.54) is 5.56 Å². The first kappa shape index (κ1) is 27.9. The highest BCUT2D eigenvalue weighted by Gasteiger charge is 2.13. The molecule has 0 saturated heterocycles. The number of pyridine rings is 1. The number of Topliss-reactive ketones (excluding diaryl/α,β-unsaturated/α-hetero) is 2. The molecule has 39 heavy (non-hydrogen) atoms. The maximum absolute atomic E-state index is 12.5. The van der Waals surface area contributed by atoms with Crippen molar-refractivity contribution < 1.29 is 14.3 Å². The van der Waals surface area contributed by atoms with Gasteiger partial charge >= 0.3 is 0 Å². The first-order chi connectivity index (χ1) is 19.0. The molecule has 0 amide bonds. The molecule has 0 unspecified atom stereocenters. The summed E-state index contributed by atoms with van der Waals surface area (Å²) in [4.78, 5) is 30.9. The molecule has 0 bridgehead atoms. The number of ether oxygens (including phenoxy) is 1. The van der Waals surface area contributed by atoms with Crippen molar-refractivity contribution in [2.45, 2.75) is 32.1 Å². The highest BCUT2D eigenvalue weighted by atomic mass is 16.5. The second-order valence-corrected chi connectivity index (χ2v) is 10.1. The van der Waals surface area contributed by atoms with E-state index in [1.54, 1.807) is 6.20 Å². The fourth-order valence-electron chi connectivity index (χ4n) is 4.69. The van der Waals surface area contributed by atoms with Crippen LogP contribution in [0.3, 0.4) is 0 Å². The van der Waals surface area contributed by atoms with Gasteiger partial charge in [-0.2, -0.15) is 0 Å². The summed E-state index contributed by atoms with van der Waals surface area (Å²) in [5, 5.41) is 0. The summed E-state index contributed by atoms with van der Waals surface area (Å²) >= 11 is 0. The fraction of sp³-hybridized carbons (Fsp3) is 0.265. The molecule has 0 radical (unpaired) electrons. The van der Waals surface area contributed by atoms with Gasteiger partial charge in [0.15, 0.2) is 5.78 Å². The minimum absolute atomic E-state index is 0.201. The molecule has 1 heterocycles. The van der Waals surface area contributed by atoms with Crippen molar-refractivity contribution in [1.82, 2.24) is 9.88 Å².